The largest absolute Gasteiger partial charge is 0.481 e. The maximum atomic E-state index is 14.7. The number of hydrazine groups is 1. The third-order valence-corrected chi connectivity index (χ3v) is 16.6. The van der Waals surface area contributed by atoms with Crippen molar-refractivity contribution >= 4 is 123 Å². The zero-order valence-corrected chi connectivity index (χ0v) is 53.2. The normalized spacial score (nSPS) is 15.4. The summed E-state index contributed by atoms with van der Waals surface area (Å²) in [6.45, 7) is -1.43. The zero-order valence-electron chi connectivity index (χ0n) is 52.4. The van der Waals surface area contributed by atoms with Gasteiger partial charge in [0.1, 0.15) is 36.3 Å². The molecule has 35 heteroatoms. The molecular weight excluding hydrogens is 1310 g/mol. The summed E-state index contributed by atoms with van der Waals surface area (Å²) in [5.74, 6) is -13.8. The topological polar surface area (TPSA) is 502 Å². The molecule has 34 nitrogen and oxygen atoms in total. The number of nitrogens with zero attached hydrogens (tertiary/aromatic N) is 2. The van der Waals surface area contributed by atoms with Crippen LogP contribution in [-0.4, -0.2) is 229 Å². The summed E-state index contributed by atoms with van der Waals surface area (Å²) in [5.41, 5.74) is 7.94. The molecule has 0 saturated carbocycles. The molecule has 0 radical (unpaired) electrons. The standard InChI is InChI=1S/C63H73N13O21S/c77-49(16-14-42(60(89)90)71-63(95)72-43(61(91)92)15-19-55(83)84)74-73-46(26-35-8-2-1-3-9-35)57(86)67-32-50(78)68-45(28-37-31-65-41-13-7-5-11-39(37)41)58(87)70-44(27-36-30-64-40-12-6-4-10-38(36)40)56(85)66-33-51(79)69-47(62(93)94)34-98-48-29-54(82)76(59(48)88)21-23-97-25-24-96-22-20-75-52(80)17-18-53(75)81/h1-13,17-18,30-31,42-48,64-65,73H,14-16,19-29,32-34H2,(H,66,85)(H,67,86)(H,68,78)(H,69,79)(H,70,87)(H,74,77)(H,83,84)(H,89,90)(H,91,92)(H,93,94)(H2,71,72,95)/t42-,43-,44?,45?,46?,47?,48?/m0/s1. The Morgan fingerprint density at radius 3 is 1.55 bits per heavy atom. The molecule has 4 heterocycles. The number of urea groups is 1. The third-order valence-electron chi connectivity index (χ3n) is 15.3. The molecule has 1 fully saturated rings. The van der Waals surface area contributed by atoms with Crippen molar-refractivity contribution in [2.24, 2.45) is 0 Å². The number of hydrogen-bond acceptors (Lipinski definition) is 19. The molecule has 2 aliphatic rings. The number of benzene rings is 3. The molecule has 2 aromatic heterocycles. The highest BCUT2D eigenvalue weighted by Gasteiger charge is 2.40. The van der Waals surface area contributed by atoms with E-state index >= 15 is 0 Å². The quantitative estimate of drug-likeness (QED) is 0.0116. The van der Waals surface area contributed by atoms with E-state index in [-0.39, 0.29) is 71.0 Å². The van der Waals surface area contributed by atoms with Crippen molar-refractivity contribution in [1.82, 2.24) is 67.8 Å². The van der Waals surface area contributed by atoms with Gasteiger partial charge in [0.15, 0.2) is 0 Å². The molecule has 0 bridgehead atoms. The number of H-pyrrole nitrogens is 2. The fourth-order valence-electron chi connectivity index (χ4n) is 10.2. The lowest BCUT2D eigenvalue weighted by atomic mass is 10.0. The van der Waals surface area contributed by atoms with Gasteiger partial charge in [-0.3, -0.25) is 68.0 Å². The van der Waals surface area contributed by atoms with Crippen LogP contribution in [0.15, 0.2) is 103 Å². The lowest BCUT2D eigenvalue weighted by Crippen LogP contribution is -2.57. The van der Waals surface area contributed by atoms with Crippen LogP contribution in [0.4, 0.5) is 4.79 Å². The van der Waals surface area contributed by atoms with E-state index in [4.69, 9.17) is 14.6 Å². The van der Waals surface area contributed by atoms with Gasteiger partial charge in [0.05, 0.1) is 57.9 Å². The van der Waals surface area contributed by atoms with Gasteiger partial charge >= 0.3 is 29.9 Å². The molecule has 98 heavy (non-hydrogen) atoms. The SMILES string of the molecule is O=C(O)CC[C@H](NC(=O)N[C@@H](CCC(=O)NNC(Cc1ccccc1)C(=O)NCC(=O)NC(Cc1c[nH]c2ccccc12)C(=O)NC(Cc1c[nH]c2ccccc12)C(=O)NCC(=O)NC(CSC1CC(=O)N(CCOCCOCCN2C(=O)C=CC2=O)C1=O)C(=O)O)C(=O)O)C(=O)O. The maximum absolute atomic E-state index is 14.7. The highest BCUT2D eigenvalue weighted by atomic mass is 32.2. The molecule has 2 aliphatic heterocycles. The number of likely N-dealkylation sites (tertiary alicyclic amines) is 1. The fraction of sp³-hybridized carbons (Fsp3) is 0.381. The minimum Gasteiger partial charge on any atom is -0.481 e. The molecule has 0 aliphatic carbocycles. The summed E-state index contributed by atoms with van der Waals surface area (Å²) in [7, 11) is 0. The van der Waals surface area contributed by atoms with Crippen molar-refractivity contribution in [3.05, 3.63) is 120 Å². The molecule has 7 atom stereocenters. The average molecular weight is 1380 g/mol. The Morgan fingerprint density at radius 2 is 1.01 bits per heavy atom. The smallest absolute Gasteiger partial charge is 0.327 e. The second-order valence-electron chi connectivity index (χ2n) is 22.3. The Labute approximate surface area is 561 Å². The Morgan fingerprint density at radius 1 is 0.520 bits per heavy atom. The van der Waals surface area contributed by atoms with Crippen LogP contribution >= 0.6 is 11.8 Å². The number of para-hydroxylation sites is 2. The molecule has 522 valence electrons. The van der Waals surface area contributed by atoms with Crippen LogP contribution in [0.3, 0.4) is 0 Å². The highest BCUT2D eigenvalue weighted by molar-refractivity contribution is 8.00. The van der Waals surface area contributed by atoms with E-state index in [0.29, 0.717) is 38.5 Å². The van der Waals surface area contributed by atoms with E-state index < -0.39 is 169 Å². The van der Waals surface area contributed by atoms with Crippen LogP contribution in [0.25, 0.3) is 21.8 Å². The van der Waals surface area contributed by atoms with Crippen LogP contribution in [0.5, 0.6) is 0 Å². The van der Waals surface area contributed by atoms with Crippen molar-refractivity contribution in [2.75, 3.05) is 58.4 Å². The number of carboxylic acid groups (broad SMARTS) is 4. The van der Waals surface area contributed by atoms with E-state index in [1.54, 1.807) is 91.3 Å². The molecule has 3 aromatic carbocycles. The Bertz CT molecular complexity index is 3790. The van der Waals surface area contributed by atoms with E-state index in [1.165, 1.54) is 0 Å². The number of carboxylic acids is 4. The number of aromatic nitrogens is 2. The van der Waals surface area contributed by atoms with Crippen molar-refractivity contribution < 1.29 is 102 Å². The summed E-state index contributed by atoms with van der Waals surface area (Å²) in [6.07, 6.45) is 2.59. The Kier molecular flexibility index (Phi) is 27.9. The van der Waals surface area contributed by atoms with Crippen molar-refractivity contribution in [3.63, 3.8) is 0 Å². The first-order valence-electron chi connectivity index (χ1n) is 30.7. The number of fused-ring (bicyclic) bond motifs is 2. The zero-order chi connectivity index (χ0) is 70.8. The van der Waals surface area contributed by atoms with Gasteiger partial charge in [-0.2, -0.15) is 0 Å². The summed E-state index contributed by atoms with van der Waals surface area (Å²) in [5, 5.41) is 55.1. The average Bonchev–Trinajstić information content (AvgIpc) is 1.67. The number of rotatable bonds is 41. The van der Waals surface area contributed by atoms with Crippen LogP contribution in [-0.2, 0) is 95.9 Å². The van der Waals surface area contributed by atoms with Crippen LogP contribution in [0, 0.1) is 0 Å². The first-order chi connectivity index (χ1) is 46.9. The van der Waals surface area contributed by atoms with Gasteiger partial charge in [0.2, 0.25) is 47.3 Å². The van der Waals surface area contributed by atoms with Gasteiger partial charge < -0.3 is 77.1 Å². The third kappa shape index (κ3) is 22.6. The minimum atomic E-state index is -1.74. The number of ether oxygens (including phenoxy) is 2. The fourth-order valence-corrected chi connectivity index (χ4v) is 11.4. The number of carbonyl (C=O) groups is 15. The number of carbonyl (C=O) groups excluding carboxylic acids is 11. The summed E-state index contributed by atoms with van der Waals surface area (Å²) in [4.78, 5) is 201. The van der Waals surface area contributed by atoms with Crippen LogP contribution in [0.2, 0.25) is 0 Å². The molecule has 5 unspecified atom stereocenters. The molecule has 7 rings (SSSR count). The maximum Gasteiger partial charge on any atom is 0.327 e. The van der Waals surface area contributed by atoms with Gasteiger partial charge in [-0.25, -0.2) is 24.6 Å². The van der Waals surface area contributed by atoms with Crippen molar-refractivity contribution in [1.29, 1.82) is 0 Å². The number of hydrogen-bond donors (Lipinski definition) is 15. The van der Waals surface area contributed by atoms with E-state index in [2.05, 4.69) is 47.4 Å². The predicted octanol–water partition coefficient (Wildman–Crippen LogP) is -1.89. The van der Waals surface area contributed by atoms with Gasteiger partial charge in [-0.05, 0) is 48.1 Å². The monoisotopic (exact) mass is 1380 g/mol. The highest BCUT2D eigenvalue weighted by Crippen LogP contribution is 2.26. The number of thioether (sulfide) groups is 1. The summed E-state index contributed by atoms with van der Waals surface area (Å²) < 4.78 is 10.9. The second kappa shape index (κ2) is 36.7. The van der Waals surface area contributed by atoms with Crippen LogP contribution < -0.4 is 48.1 Å². The first kappa shape index (κ1) is 74.4. The minimum absolute atomic E-state index is 0.0480. The number of aromatic amines is 2. The lowest BCUT2D eigenvalue weighted by molar-refractivity contribution is -0.141. The Hall–Kier alpha value is -11.0. The van der Waals surface area contributed by atoms with Gasteiger partial charge in [0, 0.05) is 84.2 Å². The molecular formula is C63H73N13O21S. The molecule has 12 amide bonds. The number of aliphatic carboxylic acids is 4. The Balaban J connectivity index is 0.956. The number of imide groups is 2. The van der Waals surface area contributed by atoms with Gasteiger partial charge in [-0.15, -0.1) is 11.8 Å². The van der Waals surface area contributed by atoms with Gasteiger partial charge in [-0.1, -0.05) is 66.7 Å². The molecule has 1 saturated heterocycles. The summed E-state index contributed by atoms with van der Waals surface area (Å²) in [6, 6.07) is 12.0. The second-order valence-corrected chi connectivity index (χ2v) is 23.5. The molecule has 0 spiro atoms. The molecule has 5 aromatic rings. The van der Waals surface area contributed by atoms with E-state index in [0.717, 1.165) is 33.7 Å². The van der Waals surface area contributed by atoms with Crippen molar-refractivity contribution in [3.8, 4) is 0 Å². The predicted molar refractivity (Wildman–Crippen MR) is 344 cm³/mol. The molecule has 15 N–H and O–H groups in total. The number of amides is 12. The van der Waals surface area contributed by atoms with Gasteiger partial charge in [0.25, 0.3) is 11.8 Å². The first-order valence-corrected chi connectivity index (χ1v) is 31.7. The van der Waals surface area contributed by atoms with E-state index in [9.17, 15) is 87.2 Å². The van der Waals surface area contributed by atoms with E-state index in [1.807, 2.05) is 10.6 Å². The van der Waals surface area contributed by atoms with Crippen LogP contribution in [0.1, 0.15) is 48.8 Å². The van der Waals surface area contributed by atoms with Crippen molar-refractivity contribution in [2.45, 2.75) is 92.9 Å². The lowest BCUT2D eigenvalue weighted by Gasteiger charge is -2.24. The number of nitrogens with one attached hydrogen (secondary N) is 11. The summed E-state index contributed by atoms with van der Waals surface area (Å²) >= 11 is 0.828.